The van der Waals surface area contributed by atoms with Gasteiger partial charge in [-0.1, -0.05) is 69.6 Å². The molecule has 0 bridgehead atoms. The quantitative estimate of drug-likeness (QED) is 0.0630. The Balaban J connectivity index is 1.21. The van der Waals surface area contributed by atoms with Gasteiger partial charge in [0.1, 0.15) is 0 Å². The van der Waals surface area contributed by atoms with Crippen LogP contribution in [0.5, 0.6) is 0 Å². The molecule has 2 unspecified atom stereocenters. The average molecular weight is 929 g/mol. The summed E-state index contributed by atoms with van der Waals surface area (Å²) in [6, 6.07) is 19.9. The first-order chi connectivity index (χ1) is 28.4. The van der Waals surface area contributed by atoms with E-state index in [-0.39, 0.29) is 43.9 Å². The molecule has 5 rings (SSSR count). The molecular weight excluding hydrogens is 901 g/mol. The topological polar surface area (TPSA) is 200 Å². The van der Waals surface area contributed by atoms with Gasteiger partial charge in [0.15, 0.2) is 11.6 Å². The van der Waals surface area contributed by atoms with Crippen molar-refractivity contribution in [1.82, 2.24) is 0 Å². The number of carbonyl (C=O) groups is 6. The SMILES string of the molecule is CC(=O)C(N=Nc1ccc(Cl)c(C(=O)Nc2cc(Cl)cc(Cl)c2)c1)C(=O)Nc1ccc(NC(=O)C(N=Nc2ccc(Cl)c(C(=O)Nc3cc(Cl)cc(Cl)c3)c2)C(C)=O)cc1. The Morgan fingerprint density at radius 3 is 1.08 bits per heavy atom. The summed E-state index contributed by atoms with van der Waals surface area (Å²) in [5.74, 6) is -4.10. The fraction of sp³-hybridized carbons (Fsp3) is 0.100. The molecule has 4 amide bonds. The van der Waals surface area contributed by atoms with Gasteiger partial charge in [0, 0.05) is 42.8 Å². The Hall–Kier alpha value is -5.74. The highest BCUT2D eigenvalue weighted by molar-refractivity contribution is 6.37. The number of anilines is 4. The predicted octanol–water partition coefficient (Wildman–Crippen LogP) is 11.5. The van der Waals surface area contributed by atoms with Crippen LogP contribution in [0.2, 0.25) is 30.1 Å². The molecule has 0 aliphatic carbocycles. The first-order valence-electron chi connectivity index (χ1n) is 17.1. The number of Topliss-reactive ketones (excluding diaryl/α,β-unsaturated/α-hetero) is 2. The molecule has 0 saturated carbocycles. The van der Waals surface area contributed by atoms with Gasteiger partial charge in [-0.15, -0.1) is 0 Å². The highest BCUT2D eigenvalue weighted by Gasteiger charge is 2.25. The minimum Gasteiger partial charge on any atom is -0.324 e. The number of halogens is 6. The third-order valence-electron chi connectivity index (χ3n) is 7.89. The van der Waals surface area contributed by atoms with Gasteiger partial charge >= 0.3 is 0 Å². The van der Waals surface area contributed by atoms with E-state index in [1.165, 1.54) is 97.1 Å². The van der Waals surface area contributed by atoms with Crippen LogP contribution in [0.15, 0.2) is 118 Å². The van der Waals surface area contributed by atoms with Crippen LogP contribution in [-0.2, 0) is 19.2 Å². The number of hydrogen-bond acceptors (Lipinski definition) is 10. The Bertz CT molecular complexity index is 2370. The summed E-state index contributed by atoms with van der Waals surface area (Å²) in [6.45, 7) is 2.31. The van der Waals surface area contributed by atoms with E-state index >= 15 is 0 Å². The molecule has 4 N–H and O–H groups in total. The van der Waals surface area contributed by atoms with E-state index in [2.05, 4.69) is 41.7 Å². The van der Waals surface area contributed by atoms with E-state index < -0.39 is 47.3 Å². The number of amides is 4. The van der Waals surface area contributed by atoms with Crippen molar-refractivity contribution in [2.75, 3.05) is 21.3 Å². The average Bonchev–Trinajstić information content (AvgIpc) is 3.15. The maximum atomic E-state index is 13.1. The first kappa shape index (κ1) is 45.3. The molecule has 0 heterocycles. The van der Waals surface area contributed by atoms with E-state index in [0.717, 1.165) is 13.8 Å². The molecule has 5 aromatic rings. The maximum absolute atomic E-state index is 13.1. The minimum atomic E-state index is -1.57. The number of nitrogens with one attached hydrogen (secondary N) is 4. The largest absolute Gasteiger partial charge is 0.324 e. The van der Waals surface area contributed by atoms with Crippen molar-refractivity contribution in [3.8, 4) is 0 Å². The number of azo groups is 2. The van der Waals surface area contributed by atoms with Crippen LogP contribution in [0.4, 0.5) is 34.1 Å². The summed E-state index contributed by atoms with van der Waals surface area (Å²) in [6.07, 6.45) is 0. The predicted molar refractivity (Wildman–Crippen MR) is 233 cm³/mol. The molecule has 2 atom stereocenters. The van der Waals surface area contributed by atoms with Crippen molar-refractivity contribution in [3.05, 3.63) is 138 Å². The highest BCUT2D eigenvalue weighted by Crippen LogP contribution is 2.29. The Kier molecular flexibility index (Phi) is 15.5. The number of ketones is 2. The highest BCUT2D eigenvalue weighted by atomic mass is 35.5. The van der Waals surface area contributed by atoms with Gasteiger partial charge in [0.2, 0.25) is 12.1 Å². The normalized spacial score (nSPS) is 12.1. The zero-order chi connectivity index (χ0) is 43.7. The zero-order valence-electron chi connectivity index (χ0n) is 30.9. The Labute approximate surface area is 371 Å². The van der Waals surface area contributed by atoms with Crippen LogP contribution in [0.1, 0.15) is 34.6 Å². The molecule has 5 aromatic carbocycles. The van der Waals surface area contributed by atoms with Crippen molar-refractivity contribution in [2.24, 2.45) is 20.5 Å². The van der Waals surface area contributed by atoms with Crippen LogP contribution in [0.25, 0.3) is 0 Å². The summed E-state index contributed by atoms with van der Waals surface area (Å²) in [4.78, 5) is 77.0. The van der Waals surface area contributed by atoms with Gasteiger partial charge < -0.3 is 21.3 Å². The van der Waals surface area contributed by atoms with Crippen molar-refractivity contribution in [3.63, 3.8) is 0 Å². The lowest BCUT2D eigenvalue weighted by molar-refractivity contribution is -0.127. The monoisotopic (exact) mass is 926 g/mol. The van der Waals surface area contributed by atoms with Crippen LogP contribution < -0.4 is 21.3 Å². The lowest BCUT2D eigenvalue weighted by Gasteiger charge is -2.12. The van der Waals surface area contributed by atoms with Gasteiger partial charge in [-0.2, -0.15) is 20.5 Å². The van der Waals surface area contributed by atoms with Gasteiger partial charge in [-0.25, -0.2) is 0 Å². The lowest BCUT2D eigenvalue weighted by Crippen LogP contribution is -2.32. The summed E-state index contributed by atoms with van der Waals surface area (Å²) < 4.78 is 0. The molecule has 20 heteroatoms. The van der Waals surface area contributed by atoms with E-state index in [0.29, 0.717) is 31.5 Å². The summed E-state index contributed by atoms with van der Waals surface area (Å²) in [5.41, 5.74) is 1.40. The fourth-order valence-corrected chi connectivity index (χ4v) is 6.55. The maximum Gasteiger partial charge on any atom is 0.258 e. The second kappa shape index (κ2) is 20.5. The first-order valence-corrected chi connectivity index (χ1v) is 19.4. The van der Waals surface area contributed by atoms with Crippen LogP contribution in [0.3, 0.4) is 0 Å². The summed E-state index contributed by atoms with van der Waals surface area (Å²) >= 11 is 36.6. The van der Waals surface area contributed by atoms with E-state index in [9.17, 15) is 28.8 Å². The molecule has 0 spiro atoms. The Morgan fingerprint density at radius 1 is 0.433 bits per heavy atom. The molecule has 0 fully saturated rings. The van der Waals surface area contributed by atoms with Crippen LogP contribution in [-0.4, -0.2) is 47.3 Å². The smallest absolute Gasteiger partial charge is 0.258 e. The van der Waals surface area contributed by atoms with Crippen LogP contribution >= 0.6 is 69.6 Å². The zero-order valence-corrected chi connectivity index (χ0v) is 35.4. The van der Waals surface area contributed by atoms with E-state index in [1.807, 2.05) is 0 Å². The number of benzene rings is 5. The minimum absolute atomic E-state index is 0.0250. The molecule has 0 aliphatic rings. The van der Waals surface area contributed by atoms with Gasteiger partial charge in [-0.05, 0) is 111 Å². The standard InChI is InChI=1S/C40H28Cl6N8O6/c1-19(55)35(53-51-27-7-9-33(45)31(17-27)37(57)49-29-13-21(41)11-22(42)14-29)39(59)47-25-3-5-26(6-4-25)48-40(60)36(20(2)56)54-52-28-8-10-34(46)32(18-28)38(58)50-30-15-23(43)12-24(44)16-30/h3-18,35-36H,1-2H3,(H,47,59)(H,48,60)(H,49,57)(H,50,58). The third-order valence-corrected chi connectivity index (χ3v) is 9.43. The van der Waals surface area contributed by atoms with Crippen molar-refractivity contribution in [2.45, 2.75) is 25.9 Å². The van der Waals surface area contributed by atoms with Gasteiger partial charge in [0.05, 0.1) is 32.5 Å². The van der Waals surface area contributed by atoms with Crippen molar-refractivity contribution < 1.29 is 28.8 Å². The number of hydrogen-bond donors (Lipinski definition) is 4. The number of rotatable bonds is 14. The molecule has 0 aliphatic heterocycles. The molecular formula is C40H28Cl6N8O6. The van der Waals surface area contributed by atoms with E-state index in [4.69, 9.17) is 69.6 Å². The second-order valence-electron chi connectivity index (χ2n) is 12.6. The Morgan fingerprint density at radius 2 is 0.767 bits per heavy atom. The summed E-state index contributed by atoms with van der Waals surface area (Å²) in [5, 5.41) is 27.6. The van der Waals surface area contributed by atoms with Crippen molar-refractivity contribution >= 4 is 139 Å². The summed E-state index contributed by atoms with van der Waals surface area (Å²) in [7, 11) is 0. The number of carbonyl (C=O) groups excluding carboxylic acids is 6. The lowest BCUT2D eigenvalue weighted by atomic mass is 10.1. The van der Waals surface area contributed by atoms with Crippen molar-refractivity contribution in [1.29, 1.82) is 0 Å². The van der Waals surface area contributed by atoms with Gasteiger partial charge in [-0.3, -0.25) is 28.8 Å². The molecule has 306 valence electrons. The molecule has 0 saturated heterocycles. The fourth-order valence-electron chi connectivity index (χ4n) is 5.09. The van der Waals surface area contributed by atoms with Gasteiger partial charge in [0.25, 0.3) is 23.6 Å². The van der Waals surface area contributed by atoms with Crippen LogP contribution in [0, 0.1) is 0 Å². The second-order valence-corrected chi connectivity index (χ2v) is 15.1. The molecule has 60 heavy (non-hydrogen) atoms. The molecule has 14 nitrogen and oxygen atoms in total. The molecule has 0 aromatic heterocycles. The molecule has 0 radical (unpaired) electrons. The number of nitrogens with zero attached hydrogens (tertiary/aromatic N) is 4. The third kappa shape index (κ3) is 12.6. The van der Waals surface area contributed by atoms with E-state index in [1.54, 1.807) is 0 Å².